The summed E-state index contributed by atoms with van der Waals surface area (Å²) in [6.07, 6.45) is -0.565. The zero-order valence-corrected chi connectivity index (χ0v) is 15.5. The van der Waals surface area contributed by atoms with Crippen LogP contribution in [0.3, 0.4) is 0 Å². The maximum absolute atomic E-state index is 14.3. The Bertz CT molecular complexity index is 762. The molecule has 1 aliphatic heterocycles. The zero-order valence-electron chi connectivity index (χ0n) is 12.7. The Morgan fingerprint density at radius 1 is 1.13 bits per heavy atom. The van der Waals surface area contributed by atoms with Crippen LogP contribution in [0.25, 0.3) is 11.1 Å². The normalized spacial score (nSPS) is 17.0. The van der Waals surface area contributed by atoms with Gasteiger partial charge in [0.05, 0.1) is 11.1 Å². The summed E-state index contributed by atoms with van der Waals surface area (Å²) in [6, 6.07) is 12.1. The van der Waals surface area contributed by atoms with Crippen LogP contribution in [-0.2, 0) is 42.2 Å². The van der Waals surface area contributed by atoms with Gasteiger partial charge in [0.1, 0.15) is 17.7 Å². The maximum atomic E-state index is 14.3. The van der Waals surface area contributed by atoms with E-state index in [0.29, 0.717) is 16.7 Å². The van der Waals surface area contributed by atoms with E-state index in [4.69, 9.17) is 4.74 Å². The Morgan fingerprint density at radius 3 is 2.26 bits per heavy atom. The van der Waals surface area contributed by atoms with Crippen LogP contribution in [-0.4, -0.2) is 12.1 Å². The van der Waals surface area contributed by atoms with Crippen LogP contribution in [0.2, 0.25) is 0 Å². The first-order chi connectivity index (χ1) is 10.5. The molecule has 1 radical (unpaired) electrons. The Morgan fingerprint density at radius 2 is 1.70 bits per heavy atom. The van der Waals surface area contributed by atoms with Crippen LogP contribution in [0, 0.1) is 24.6 Å². The summed E-state index contributed by atoms with van der Waals surface area (Å²) in [4.78, 5) is 12.1. The van der Waals surface area contributed by atoms with E-state index in [1.54, 1.807) is 38.1 Å². The first-order valence-electron chi connectivity index (χ1n) is 6.86. The molecule has 0 aliphatic carbocycles. The fraction of sp³-hybridized carbons (Fsp3) is 0.167. The van der Waals surface area contributed by atoms with E-state index in [1.165, 1.54) is 12.1 Å². The van der Waals surface area contributed by atoms with Gasteiger partial charge in [0, 0.05) is 32.7 Å². The zero-order chi connectivity index (χ0) is 15.9. The second-order valence-electron chi connectivity index (χ2n) is 5.23. The van der Waals surface area contributed by atoms with Gasteiger partial charge < -0.3 is 4.74 Å². The molecule has 0 bridgehead atoms. The molecule has 0 aromatic heterocycles. The van der Waals surface area contributed by atoms with Crippen LogP contribution in [0.1, 0.15) is 23.6 Å². The molecular weight excluding hydrogens is 375 g/mol. The van der Waals surface area contributed by atoms with Gasteiger partial charge in [-0.1, -0.05) is 0 Å². The number of ether oxygens (including phenoxy) is 1. The topological polar surface area (TPSA) is 26.3 Å². The van der Waals surface area contributed by atoms with Crippen LogP contribution in [0.4, 0.5) is 8.78 Å². The van der Waals surface area contributed by atoms with Crippen molar-refractivity contribution in [2.24, 2.45) is 0 Å². The number of hydrogen-bond donors (Lipinski definition) is 0. The molecule has 2 nitrogen and oxygen atoms in total. The second-order valence-corrected chi connectivity index (χ2v) is 5.23. The number of rotatable bonds is 2. The minimum atomic E-state index is -0.765. The molecule has 0 amide bonds. The largest absolute Gasteiger partial charge is 0.454 e. The molecule has 1 atom stereocenters. The number of cyclic esters (lactones) is 1. The summed E-state index contributed by atoms with van der Waals surface area (Å²) < 4.78 is 33.7. The summed E-state index contributed by atoms with van der Waals surface area (Å²) in [6.45, 7) is 3.27. The first-order valence-corrected chi connectivity index (χ1v) is 6.86. The molecule has 1 aliphatic rings. The molecule has 3 rings (SSSR count). The molecule has 0 N–H and O–H groups in total. The molecule has 23 heavy (non-hydrogen) atoms. The first kappa shape index (κ1) is 18.0. The molecule has 0 spiro atoms. The number of hydrogen-bond acceptors (Lipinski definition) is 2. The van der Waals surface area contributed by atoms with Gasteiger partial charge in [0.25, 0.3) is 0 Å². The molecule has 2 aromatic carbocycles. The van der Waals surface area contributed by atoms with E-state index in [9.17, 15) is 13.6 Å². The van der Waals surface area contributed by atoms with Gasteiger partial charge in [-0.05, 0) is 37.1 Å². The second kappa shape index (κ2) is 7.02. The van der Waals surface area contributed by atoms with Gasteiger partial charge in [-0.3, -0.25) is 0 Å². The van der Waals surface area contributed by atoms with E-state index in [-0.39, 0.29) is 43.8 Å². The maximum Gasteiger partial charge on any atom is 0.339 e. The molecular formula is C18H13F2O2Y-. The van der Waals surface area contributed by atoms with Crippen molar-refractivity contribution in [3.8, 4) is 0 Å². The van der Waals surface area contributed by atoms with Gasteiger partial charge >= 0.3 is 5.97 Å². The number of aryl methyl sites for hydroxylation is 1. The Balaban J connectivity index is 0.00000192. The Kier molecular flexibility index (Phi) is 5.48. The molecule has 0 saturated heterocycles. The number of benzene rings is 2. The fourth-order valence-electron chi connectivity index (χ4n) is 2.71. The molecule has 0 fully saturated rings. The van der Waals surface area contributed by atoms with E-state index in [1.807, 2.05) is 0 Å². The quantitative estimate of drug-likeness (QED) is 0.576. The third-order valence-electron chi connectivity index (χ3n) is 3.63. The summed E-state index contributed by atoms with van der Waals surface area (Å²) in [5.41, 5.74) is 1.25. The third-order valence-corrected chi connectivity index (χ3v) is 3.63. The molecule has 5 heteroatoms. The van der Waals surface area contributed by atoms with Crippen molar-refractivity contribution in [3.63, 3.8) is 0 Å². The summed E-state index contributed by atoms with van der Waals surface area (Å²) >= 11 is 0. The monoisotopic (exact) mass is 388 g/mol. The van der Waals surface area contributed by atoms with Crippen LogP contribution < -0.4 is 0 Å². The van der Waals surface area contributed by atoms with E-state index < -0.39 is 23.7 Å². The summed E-state index contributed by atoms with van der Waals surface area (Å²) in [5.74, 6) is -2.24. The SMILES string of the molecule is Cc1cc(F)c(C2=C(c3cc[c-]cc3)C(C)OC2=O)c(F)c1.[Y]. The molecule has 1 unspecified atom stereocenters. The van der Waals surface area contributed by atoms with Gasteiger partial charge in [0.15, 0.2) is 0 Å². The number of halogens is 2. The van der Waals surface area contributed by atoms with Gasteiger partial charge in [0.2, 0.25) is 0 Å². The van der Waals surface area contributed by atoms with E-state index in [2.05, 4.69) is 6.07 Å². The number of carbonyl (C=O) groups is 1. The van der Waals surface area contributed by atoms with Crippen LogP contribution >= 0.6 is 0 Å². The summed E-state index contributed by atoms with van der Waals surface area (Å²) in [5, 5.41) is 0. The van der Waals surface area contributed by atoms with Crippen molar-refractivity contribution in [2.75, 3.05) is 0 Å². The van der Waals surface area contributed by atoms with Crippen molar-refractivity contribution in [1.29, 1.82) is 0 Å². The predicted octanol–water partition coefficient (Wildman–Crippen LogP) is 3.93. The van der Waals surface area contributed by atoms with Gasteiger partial charge in [-0.15, -0.1) is 5.56 Å². The van der Waals surface area contributed by atoms with Crippen molar-refractivity contribution >= 4 is 17.1 Å². The molecule has 0 saturated carbocycles. The number of carbonyl (C=O) groups excluding carboxylic acids is 1. The van der Waals surface area contributed by atoms with Crippen molar-refractivity contribution in [3.05, 3.63) is 70.8 Å². The fourth-order valence-corrected chi connectivity index (χ4v) is 2.71. The smallest absolute Gasteiger partial charge is 0.339 e. The van der Waals surface area contributed by atoms with Crippen LogP contribution in [0.15, 0.2) is 36.4 Å². The van der Waals surface area contributed by atoms with E-state index in [0.717, 1.165) is 0 Å². The number of esters is 1. The molecule has 1 heterocycles. The van der Waals surface area contributed by atoms with Crippen molar-refractivity contribution in [2.45, 2.75) is 20.0 Å². The summed E-state index contributed by atoms with van der Waals surface area (Å²) in [7, 11) is 0. The average Bonchev–Trinajstić information content (AvgIpc) is 2.74. The minimum Gasteiger partial charge on any atom is -0.454 e. The van der Waals surface area contributed by atoms with Crippen molar-refractivity contribution < 1.29 is 51.0 Å². The van der Waals surface area contributed by atoms with Crippen molar-refractivity contribution in [1.82, 2.24) is 0 Å². The third kappa shape index (κ3) is 3.29. The van der Waals surface area contributed by atoms with E-state index >= 15 is 0 Å². The minimum absolute atomic E-state index is 0. The standard InChI is InChI=1S/C18H13F2O2.Y/c1-10-8-13(19)16(14(20)9-10)17-15(11(2)22-18(17)21)12-6-4-3-5-7-12;/h4-9,11H,1-2H3;/q-1;. The average molecular weight is 388 g/mol. The van der Waals surface area contributed by atoms with Gasteiger partial charge in [-0.2, -0.15) is 30.3 Å². The van der Waals surface area contributed by atoms with Crippen LogP contribution in [0.5, 0.6) is 0 Å². The molecule has 115 valence electrons. The Labute approximate surface area is 158 Å². The molecule has 2 aromatic rings. The Hall–Kier alpha value is -1.39. The predicted molar refractivity (Wildman–Crippen MR) is 78.7 cm³/mol. The van der Waals surface area contributed by atoms with Gasteiger partial charge in [-0.25, -0.2) is 13.6 Å².